The molecule has 1 aromatic rings. The van der Waals surface area contributed by atoms with Gasteiger partial charge in [-0.25, -0.2) is 0 Å². The molecule has 0 saturated heterocycles. The molecule has 1 atom stereocenters. The number of oxime groups is 1. The smallest absolute Gasteiger partial charge is 0.225 e. The highest BCUT2D eigenvalue weighted by molar-refractivity contribution is 6.01. The maximum atomic E-state index is 12.1. The van der Waals surface area contributed by atoms with Gasteiger partial charge in [0, 0.05) is 19.4 Å². The minimum atomic E-state index is -0.0182. The number of aryl methyl sites for hydroxylation is 1. The number of amides is 1. The number of benzene rings is 1. The van der Waals surface area contributed by atoms with Gasteiger partial charge < -0.3 is 9.74 Å². The molecular formula is C17H22N2O2. The van der Waals surface area contributed by atoms with E-state index in [-0.39, 0.29) is 17.9 Å². The van der Waals surface area contributed by atoms with Crippen molar-refractivity contribution in [1.29, 1.82) is 0 Å². The second-order valence-corrected chi connectivity index (χ2v) is 6.18. The molecule has 0 bridgehead atoms. The van der Waals surface area contributed by atoms with E-state index in [9.17, 15) is 4.79 Å². The van der Waals surface area contributed by atoms with Crippen LogP contribution in [0.3, 0.4) is 0 Å². The maximum absolute atomic E-state index is 12.1. The molecule has 1 fully saturated rings. The van der Waals surface area contributed by atoms with Gasteiger partial charge in [0.2, 0.25) is 5.91 Å². The lowest BCUT2D eigenvalue weighted by atomic mass is 9.84. The van der Waals surface area contributed by atoms with Crippen LogP contribution in [-0.4, -0.2) is 36.2 Å². The molecule has 1 saturated carbocycles. The van der Waals surface area contributed by atoms with Crippen LogP contribution in [0.4, 0.5) is 0 Å². The Morgan fingerprint density at radius 1 is 1.33 bits per heavy atom. The van der Waals surface area contributed by atoms with Crippen LogP contribution in [0.1, 0.15) is 36.8 Å². The summed E-state index contributed by atoms with van der Waals surface area (Å²) in [6.45, 7) is 2.69. The first-order valence-electron chi connectivity index (χ1n) is 7.68. The van der Waals surface area contributed by atoms with Crippen molar-refractivity contribution >= 4 is 11.6 Å². The predicted molar refractivity (Wildman–Crippen MR) is 82.2 cm³/mol. The van der Waals surface area contributed by atoms with Crippen LogP contribution in [0, 0.1) is 12.8 Å². The fourth-order valence-corrected chi connectivity index (χ4v) is 2.81. The molecule has 0 spiro atoms. The summed E-state index contributed by atoms with van der Waals surface area (Å²) in [5.41, 5.74) is 3.32. The largest absolute Gasteiger partial charge is 0.390 e. The Morgan fingerprint density at radius 3 is 2.67 bits per heavy atom. The third kappa shape index (κ3) is 3.09. The second-order valence-electron chi connectivity index (χ2n) is 6.18. The Kier molecular flexibility index (Phi) is 3.95. The molecular weight excluding hydrogens is 264 g/mol. The van der Waals surface area contributed by atoms with E-state index in [0.717, 1.165) is 30.5 Å². The Bertz CT molecular complexity index is 546. The number of rotatable bonds is 4. The minimum absolute atomic E-state index is 0.0182. The van der Waals surface area contributed by atoms with E-state index in [0.29, 0.717) is 6.54 Å². The molecule has 2 aliphatic rings. The van der Waals surface area contributed by atoms with Gasteiger partial charge in [0.15, 0.2) is 6.10 Å². The summed E-state index contributed by atoms with van der Waals surface area (Å²) in [7, 11) is 1.87. The van der Waals surface area contributed by atoms with Crippen molar-refractivity contribution in [3.8, 4) is 0 Å². The van der Waals surface area contributed by atoms with E-state index < -0.39 is 0 Å². The van der Waals surface area contributed by atoms with Crippen LogP contribution in [0.25, 0.3) is 0 Å². The van der Waals surface area contributed by atoms with Gasteiger partial charge in [-0.05, 0) is 25.3 Å². The molecule has 1 aliphatic heterocycles. The molecule has 1 aliphatic carbocycles. The molecule has 1 heterocycles. The molecule has 0 aromatic heterocycles. The first-order chi connectivity index (χ1) is 10.1. The average Bonchev–Trinajstić information content (AvgIpc) is 2.86. The summed E-state index contributed by atoms with van der Waals surface area (Å²) in [5.74, 6) is 0.502. The zero-order valence-electron chi connectivity index (χ0n) is 12.7. The van der Waals surface area contributed by atoms with Crippen LogP contribution in [0.15, 0.2) is 29.4 Å². The van der Waals surface area contributed by atoms with Crippen molar-refractivity contribution in [2.45, 2.75) is 38.7 Å². The van der Waals surface area contributed by atoms with E-state index in [1.807, 2.05) is 11.9 Å². The second kappa shape index (κ2) is 5.88. The highest BCUT2D eigenvalue weighted by Crippen LogP contribution is 2.28. The Hall–Kier alpha value is -1.84. The lowest BCUT2D eigenvalue weighted by molar-refractivity contribution is -0.138. The molecule has 21 heavy (non-hydrogen) atoms. The lowest BCUT2D eigenvalue weighted by Gasteiger charge is -2.30. The van der Waals surface area contributed by atoms with Crippen LogP contribution >= 0.6 is 0 Å². The van der Waals surface area contributed by atoms with E-state index in [2.05, 4.69) is 36.3 Å². The van der Waals surface area contributed by atoms with Gasteiger partial charge in [0.1, 0.15) is 0 Å². The number of hydrogen-bond donors (Lipinski definition) is 0. The predicted octanol–water partition coefficient (Wildman–Crippen LogP) is 2.75. The van der Waals surface area contributed by atoms with Crippen LogP contribution < -0.4 is 0 Å². The van der Waals surface area contributed by atoms with Crippen molar-refractivity contribution in [3.05, 3.63) is 35.4 Å². The van der Waals surface area contributed by atoms with E-state index in [4.69, 9.17) is 4.84 Å². The molecule has 1 amide bonds. The van der Waals surface area contributed by atoms with Crippen molar-refractivity contribution in [3.63, 3.8) is 0 Å². The summed E-state index contributed by atoms with van der Waals surface area (Å²) in [6.07, 6.45) is 4.02. The quantitative estimate of drug-likeness (QED) is 0.854. The Balaban J connectivity index is 1.53. The zero-order chi connectivity index (χ0) is 14.8. The third-order valence-electron chi connectivity index (χ3n) is 4.43. The number of likely N-dealkylation sites (N-methyl/N-ethyl adjacent to an activating group) is 1. The SMILES string of the molecule is Cc1ccc(C2=NO[C@@H](CN(C)C(=O)C3CCC3)C2)cc1. The molecule has 0 N–H and O–H groups in total. The maximum Gasteiger partial charge on any atom is 0.225 e. The first-order valence-corrected chi connectivity index (χ1v) is 7.68. The lowest BCUT2D eigenvalue weighted by Crippen LogP contribution is -2.40. The van der Waals surface area contributed by atoms with Crippen LogP contribution in [0.5, 0.6) is 0 Å². The summed E-state index contributed by atoms with van der Waals surface area (Å²) in [6, 6.07) is 8.31. The number of nitrogens with zero attached hydrogens (tertiary/aromatic N) is 2. The fraction of sp³-hybridized carbons (Fsp3) is 0.529. The van der Waals surface area contributed by atoms with Crippen molar-refractivity contribution < 1.29 is 9.63 Å². The summed E-state index contributed by atoms with van der Waals surface area (Å²) < 4.78 is 0. The van der Waals surface area contributed by atoms with E-state index >= 15 is 0 Å². The fourth-order valence-electron chi connectivity index (χ4n) is 2.81. The minimum Gasteiger partial charge on any atom is -0.390 e. The summed E-state index contributed by atoms with van der Waals surface area (Å²) >= 11 is 0. The molecule has 4 heteroatoms. The normalized spacial score (nSPS) is 21.4. The van der Waals surface area contributed by atoms with Gasteiger partial charge in [0.05, 0.1) is 12.3 Å². The molecule has 0 radical (unpaired) electrons. The molecule has 4 nitrogen and oxygen atoms in total. The van der Waals surface area contributed by atoms with Gasteiger partial charge in [-0.2, -0.15) is 0 Å². The van der Waals surface area contributed by atoms with E-state index in [1.54, 1.807) is 0 Å². The number of carbonyl (C=O) groups is 1. The first kappa shape index (κ1) is 14.1. The van der Waals surface area contributed by atoms with Gasteiger partial charge in [-0.3, -0.25) is 4.79 Å². The third-order valence-corrected chi connectivity index (χ3v) is 4.43. The standard InChI is InChI=1S/C17H22N2O2/c1-12-6-8-13(9-7-12)16-10-15(21-18-16)11-19(2)17(20)14-4-3-5-14/h6-9,14-15H,3-5,10-11H2,1-2H3/t15-/m1/s1. The summed E-state index contributed by atoms with van der Waals surface area (Å²) in [4.78, 5) is 19.4. The molecule has 112 valence electrons. The zero-order valence-corrected chi connectivity index (χ0v) is 12.7. The highest BCUT2D eigenvalue weighted by Gasteiger charge is 2.30. The topological polar surface area (TPSA) is 41.9 Å². The van der Waals surface area contributed by atoms with Gasteiger partial charge in [-0.1, -0.05) is 41.4 Å². The van der Waals surface area contributed by atoms with Gasteiger partial charge in [-0.15, -0.1) is 0 Å². The average molecular weight is 286 g/mol. The molecule has 0 unspecified atom stereocenters. The van der Waals surface area contributed by atoms with E-state index in [1.165, 1.54) is 12.0 Å². The van der Waals surface area contributed by atoms with Gasteiger partial charge >= 0.3 is 0 Å². The monoisotopic (exact) mass is 286 g/mol. The Morgan fingerprint density at radius 2 is 2.05 bits per heavy atom. The molecule has 1 aromatic carbocycles. The number of hydrogen-bond acceptors (Lipinski definition) is 3. The van der Waals surface area contributed by atoms with Crippen molar-refractivity contribution in [2.75, 3.05) is 13.6 Å². The Labute approximate surface area is 125 Å². The summed E-state index contributed by atoms with van der Waals surface area (Å²) in [5, 5.41) is 4.19. The highest BCUT2D eigenvalue weighted by atomic mass is 16.6. The van der Waals surface area contributed by atoms with Crippen LogP contribution in [-0.2, 0) is 9.63 Å². The molecule has 3 rings (SSSR count). The van der Waals surface area contributed by atoms with Crippen molar-refractivity contribution in [1.82, 2.24) is 4.90 Å². The van der Waals surface area contributed by atoms with Gasteiger partial charge in [0.25, 0.3) is 0 Å². The number of carbonyl (C=O) groups excluding carboxylic acids is 1. The van der Waals surface area contributed by atoms with Crippen molar-refractivity contribution in [2.24, 2.45) is 11.1 Å². The van der Waals surface area contributed by atoms with Crippen LogP contribution in [0.2, 0.25) is 0 Å².